The van der Waals surface area contributed by atoms with Gasteiger partial charge in [0.25, 0.3) is 0 Å². The number of ketones is 1. The molecule has 0 amide bonds. The lowest BCUT2D eigenvalue weighted by molar-refractivity contribution is -0.118. The summed E-state index contributed by atoms with van der Waals surface area (Å²) in [6, 6.07) is 18.6. The molecule has 2 nitrogen and oxygen atoms in total. The van der Waals surface area contributed by atoms with Gasteiger partial charge in [0.15, 0.2) is 0 Å². The molecule has 140 valence electrons. The van der Waals surface area contributed by atoms with Crippen LogP contribution in [-0.2, 0) is 16.6 Å². The molecule has 1 heterocycles. The molecule has 0 aliphatic carbocycles. The van der Waals surface area contributed by atoms with Crippen molar-refractivity contribution in [3.8, 4) is 10.6 Å². The highest BCUT2D eigenvalue weighted by Crippen LogP contribution is 2.31. The Bertz CT molecular complexity index is 888. The average Bonchev–Trinajstić information content (AvgIpc) is 3.12. The van der Waals surface area contributed by atoms with Gasteiger partial charge in [0.05, 0.1) is 0 Å². The van der Waals surface area contributed by atoms with E-state index >= 15 is 0 Å². The molecule has 0 radical (unpaired) electrons. The Hall–Kier alpha value is -2.26. The van der Waals surface area contributed by atoms with Gasteiger partial charge in [-0.1, -0.05) is 82.3 Å². The van der Waals surface area contributed by atoms with Crippen molar-refractivity contribution in [3.05, 3.63) is 76.8 Å². The highest BCUT2D eigenvalue weighted by Gasteiger charge is 2.16. The largest absolute Gasteiger partial charge is 0.299 e. The lowest BCUT2D eigenvalue weighted by atomic mass is 9.86. The van der Waals surface area contributed by atoms with Crippen LogP contribution in [0.5, 0.6) is 0 Å². The smallest absolute Gasteiger partial charge is 0.137 e. The molecule has 0 saturated heterocycles. The minimum absolute atomic E-state index is 0.139. The maximum Gasteiger partial charge on any atom is 0.137 e. The van der Waals surface area contributed by atoms with E-state index in [0.717, 1.165) is 16.1 Å². The molecule has 1 aromatic heterocycles. The topological polar surface area (TPSA) is 30.0 Å². The van der Waals surface area contributed by atoms with E-state index in [2.05, 4.69) is 69.1 Å². The van der Waals surface area contributed by atoms with Crippen molar-refractivity contribution in [2.45, 2.75) is 51.9 Å². The lowest BCUT2D eigenvalue weighted by Crippen LogP contribution is -2.11. The van der Waals surface area contributed by atoms with Crippen LogP contribution in [0, 0.1) is 0 Å². The van der Waals surface area contributed by atoms with Crippen LogP contribution >= 0.6 is 11.3 Å². The SMILES string of the molecule is CC(CC(=O)Cc1ccc(C(C)(C)C)cc1)c1cnc(-c2ccccc2)s1. The molecule has 0 fully saturated rings. The molecular weight excluding hydrogens is 350 g/mol. The third-order valence-electron chi connectivity index (χ3n) is 4.79. The van der Waals surface area contributed by atoms with E-state index < -0.39 is 0 Å². The summed E-state index contributed by atoms with van der Waals surface area (Å²) in [6.45, 7) is 8.72. The van der Waals surface area contributed by atoms with Gasteiger partial charge in [0.1, 0.15) is 10.8 Å². The van der Waals surface area contributed by atoms with Gasteiger partial charge < -0.3 is 0 Å². The summed E-state index contributed by atoms with van der Waals surface area (Å²) in [6.07, 6.45) is 2.97. The number of aromatic nitrogens is 1. The van der Waals surface area contributed by atoms with Crippen LogP contribution in [0.3, 0.4) is 0 Å². The maximum absolute atomic E-state index is 12.5. The number of thiazole rings is 1. The summed E-state index contributed by atoms with van der Waals surface area (Å²) in [5, 5.41) is 1.02. The van der Waals surface area contributed by atoms with Gasteiger partial charge in [-0.2, -0.15) is 0 Å². The summed E-state index contributed by atoms with van der Waals surface area (Å²) in [5.41, 5.74) is 3.66. The normalized spacial score (nSPS) is 12.7. The van der Waals surface area contributed by atoms with Gasteiger partial charge in [-0.15, -0.1) is 11.3 Å². The highest BCUT2D eigenvalue weighted by atomic mass is 32.1. The van der Waals surface area contributed by atoms with E-state index in [4.69, 9.17) is 0 Å². The number of Topliss-reactive ketones (excluding diaryl/α,β-unsaturated/α-hetero) is 1. The molecule has 0 saturated carbocycles. The summed E-state index contributed by atoms with van der Waals surface area (Å²) in [7, 11) is 0. The molecule has 0 aliphatic rings. The third kappa shape index (κ3) is 5.14. The molecule has 0 bridgehead atoms. The van der Waals surface area contributed by atoms with Gasteiger partial charge in [-0.25, -0.2) is 4.98 Å². The van der Waals surface area contributed by atoms with Crippen LogP contribution in [0.25, 0.3) is 10.6 Å². The van der Waals surface area contributed by atoms with Crippen molar-refractivity contribution < 1.29 is 4.79 Å². The van der Waals surface area contributed by atoms with Crippen LogP contribution < -0.4 is 0 Å². The van der Waals surface area contributed by atoms with Gasteiger partial charge in [-0.3, -0.25) is 4.79 Å². The minimum Gasteiger partial charge on any atom is -0.299 e. The molecule has 2 aromatic carbocycles. The fourth-order valence-corrected chi connectivity index (χ4v) is 4.07. The first-order chi connectivity index (χ1) is 12.8. The van der Waals surface area contributed by atoms with Crippen molar-refractivity contribution in [1.82, 2.24) is 4.98 Å². The molecule has 0 spiro atoms. The van der Waals surface area contributed by atoms with Crippen molar-refractivity contribution in [2.24, 2.45) is 0 Å². The molecule has 1 unspecified atom stereocenters. The summed E-state index contributed by atoms with van der Waals surface area (Å²) < 4.78 is 0. The summed E-state index contributed by atoms with van der Waals surface area (Å²) >= 11 is 1.68. The van der Waals surface area contributed by atoms with Gasteiger partial charge >= 0.3 is 0 Å². The number of hydrogen-bond acceptors (Lipinski definition) is 3. The zero-order chi connectivity index (χ0) is 19.4. The van der Waals surface area contributed by atoms with E-state index in [1.807, 2.05) is 24.4 Å². The van der Waals surface area contributed by atoms with Crippen LogP contribution in [0.15, 0.2) is 60.8 Å². The minimum atomic E-state index is 0.139. The second kappa shape index (κ2) is 8.18. The zero-order valence-corrected chi connectivity index (χ0v) is 17.3. The van der Waals surface area contributed by atoms with E-state index in [9.17, 15) is 4.79 Å². The quantitative estimate of drug-likeness (QED) is 0.496. The van der Waals surface area contributed by atoms with Crippen LogP contribution in [0.4, 0.5) is 0 Å². The number of nitrogens with zero attached hydrogens (tertiary/aromatic N) is 1. The van der Waals surface area contributed by atoms with Gasteiger partial charge in [0, 0.05) is 29.5 Å². The number of hydrogen-bond donors (Lipinski definition) is 0. The molecule has 1 atom stereocenters. The first-order valence-corrected chi connectivity index (χ1v) is 10.3. The Morgan fingerprint density at radius 3 is 2.33 bits per heavy atom. The molecule has 3 heteroatoms. The van der Waals surface area contributed by atoms with Crippen molar-refractivity contribution in [3.63, 3.8) is 0 Å². The first kappa shape index (κ1) is 19.5. The van der Waals surface area contributed by atoms with E-state index in [1.54, 1.807) is 11.3 Å². The Morgan fingerprint density at radius 1 is 1.04 bits per heavy atom. The Morgan fingerprint density at radius 2 is 1.70 bits per heavy atom. The van der Waals surface area contributed by atoms with Gasteiger partial charge in [0.2, 0.25) is 0 Å². The van der Waals surface area contributed by atoms with Crippen LogP contribution in [0.2, 0.25) is 0 Å². The molecule has 3 aromatic rings. The van der Waals surface area contributed by atoms with Crippen molar-refractivity contribution in [1.29, 1.82) is 0 Å². The first-order valence-electron chi connectivity index (χ1n) is 9.45. The van der Waals surface area contributed by atoms with E-state index in [1.165, 1.54) is 10.4 Å². The molecular formula is C24H27NOS. The molecule has 3 rings (SSSR count). The third-order valence-corrected chi connectivity index (χ3v) is 6.06. The second-order valence-corrected chi connectivity index (χ2v) is 9.26. The standard InChI is InChI=1S/C24H27NOS/c1-17(22-16-25-23(27-22)19-8-6-5-7-9-19)14-21(26)15-18-10-12-20(13-11-18)24(2,3)4/h5-13,16-17H,14-15H2,1-4H3. The van der Waals surface area contributed by atoms with Gasteiger partial charge in [-0.05, 0) is 22.5 Å². The van der Waals surface area contributed by atoms with Crippen molar-refractivity contribution in [2.75, 3.05) is 0 Å². The maximum atomic E-state index is 12.5. The number of carbonyl (C=O) groups is 1. The Labute approximate surface area is 166 Å². The number of rotatable bonds is 6. The van der Waals surface area contributed by atoms with Crippen LogP contribution in [-0.4, -0.2) is 10.8 Å². The predicted molar refractivity (Wildman–Crippen MR) is 114 cm³/mol. The second-order valence-electron chi connectivity index (χ2n) is 8.20. The van der Waals surface area contributed by atoms with Crippen LogP contribution in [0.1, 0.15) is 56.0 Å². The fourth-order valence-electron chi connectivity index (χ4n) is 3.09. The molecule has 0 N–H and O–H groups in total. The predicted octanol–water partition coefficient (Wildman–Crippen LogP) is 6.41. The summed E-state index contributed by atoms with van der Waals surface area (Å²) in [5.74, 6) is 0.474. The van der Waals surface area contributed by atoms with Crippen molar-refractivity contribution >= 4 is 17.1 Å². The Balaban J connectivity index is 1.60. The Kier molecular flexibility index (Phi) is 5.91. The monoisotopic (exact) mass is 377 g/mol. The lowest BCUT2D eigenvalue weighted by Gasteiger charge is -2.19. The summed E-state index contributed by atoms with van der Waals surface area (Å²) in [4.78, 5) is 18.2. The molecule has 0 aliphatic heterocycles. The van der Waals surface area contributed by atoms with E-state index in [0.29, 0.717) is 12.8 Å². The number of carbonyl (C=O) groups excluding carboxylic acids is 1. The highest BCUT2D eigenvalue weighted by molar-refractivity contribution is 7.15. The molecule has 27 heavy (non-hydrogen) atoms. The number of benzene rings is 2. The average molecular weight is 378 g/mol. The zero-order valence-electron chi connectivity index (χ0n) is 16.5. The van der Waals surface area contributed by atoms with E-state index in [-0.39, 0.29) is 17.1 Å². The fraction of sp³-hybridized carbons (Fsp3) is 0.333.